The molecule has 0 unspecified atom stereocenters. The molecule has 1 heterocycles. The molecule has 0 aliphatic rings. The molecule has 138 valence electrons. The van der Waals surface area contributed by atoms with Crippen LogP contribution in [0.2, 0.25) is 0 Å². The summed E-state index contributed by atoms with van der Waals surface area (Å²) < 4.78 is 13.3. The van der Waals surface area contributed by atoms with E-state index in [-0.39, 0.29) is 38.4 Å². The number of para-hydroxylation sites is 1. The number of hydrogen-bond acceptors (Lipinski definition) is 3. The first-order chi connectivity index (χ1) is 11.9. The largest absolute Gasteiger partial charge is 0.512 e. The summed E-state index contributed by atoms with van der Waals surface area (Å²) in [5, 5.41) is 9.44. The molecule has 0 amide bonds. The number of ketones is 1. The Kier molecular flexibility index (Phi) is 8.34. The topological polar surface area (TPSA) is 50.2 Å². The van der Waals surface area contributed by atoms with Crippen LogP contribution in [0.15, 0.2) is 60.5 Å². The van der Waals surface area contributed by atoms with E-state index in [2.05, 4.69) is 11.1 Å². The number of rotatable bonds is 2. The molecule has 3 aromatic rings. The van der Waals surface area contributed by atoms with Gasteiger partial charge in [-0.3, -0.25) is 14.2 Å². The average molecular weight is 531 g/mol. The van der Waals surface area contributed by atoms with Crippen molar-refractivity contribution in [2.24, 2.45) is 0 Å². The number of carbonyl (C=O) groups is 1. The maximum atomic E-state index is 13.3. The van der Waals surface area contributed by atoms with E-state index in [1.54, 1.807) is 19.2 Å². The third-order valence-electron chi connectivity index (χ3n) is 3.43. The van der Waals surface area contributed by atoms with Crippen LogP contribution in [0.4, 0.5) is 4.39 Å². The number of aryl methyl sites for hydroxylation is 1. The number of aliphatic hydroxyl groups excluding tert-OH is 1. The fourth-order valence-electron chi connectivity index (χ4n) is 2.35. The number of allylic oxidation sites excluding steroid dienone is 2. The van der Waals surface area contributed by atoms with Gasteiger partial charge in [-0.05, 0) is 25.3 Å². The van der Waals surface area contributed by atoms with Crippen LogP contribution in [0.5, 0.6) is 0 Å². The quantitative estimate of drug-likeness (QED) is 0.282. The molecule has 2 aromatic carbocycles. The summed E-state index contributed by atoms with van der Waals surface area (Å²) in [6.07, 6.45) is 2.93. The molecule has 3 rings (SSSR count). The molecule has 3 nitrogen and oxygen atoms in total. The van der Waals surface area contributed by atoms with E-state index >= 15 is 0 Å². The van der Waals surface area contributed by atoms with Gasteiger partial charge in [-0.15, -0.1) is 23.8 Å². The van der Waals surface area contributed by atoms with E-state index < -0.39 is 0 Å². The van der Waals surface area contributed by atoms with Crippen molar-refractivity contribution in [2.75, 3.05) is 0 Å². The SMILES string of the molecule is CC(=O)/C=C(/C)O.Cc1cc(-c2cccc3cccnc23)[c-]cc1F.[Pt]. The van der Waals surface area contributed by atoms with Crippen LogP contribution in [-0.2, 0) is 25.9 Å². The fraction of sp³-hybridized carbons (Fsp3) is 0.143. The van der Waals surface area contributed by atoms with Crippen LogP contribution in [0.3, 0.4) is 0 Å². The molecule has 26 heavy (non-hydrogen) atoms. The normalized spacial score (nSPS) is 10.5. The van der Waals surface area contributed by atoms with Gasteiger partial charge in [0.15, 0.2) is 5.78 Å². The molecular formula is C21H19FNO2Pt-. The number of carbonyl (C=O) groups excluding carboxylic acids is 1. The number of aliphatic hydroxyl groups is 1. The minimum atomic E-state index is -0.230. The molecule has 0 aliphatic carbocycles. The Morgan fingerprint density at radius 3 is 2.50 bits per heavy atom. The molecule has 0 fully saturated rings. The Bertz CT molecular complexity index is 929. The standard InChI is InChI=1S/C16H11FN.C5H8O2.Pt/c1-11-10-13(7-8-15(11)17)14-6-2-4-12-5-3-9-18-16(12)14;1-4(6)3-5(2)7;/h2-6,8-10H,1H3;3,6H,1-2H3;/q-1;;/b;4-3-;. The van der Waals surface area contributed by atoms with Gasteiger partial charge in [-0.2, -0.15) is 0 Å². The van der Waals surface area contributed by atoms with Gasteiger partial charge >= 0.3 is 0 Å². The number of nitrogens with zero attached hydrogens (tertiary/aromatic N) is 1. The van der Waals surface area contributed by atoms with Gasteiger partial charge in [0, 0.05) is 44.7 Å². The van der Waals surface area contributed by atoms with Crippen molar-refractivity contribution in [3.8, 4) is 11.1 Å². The Balaban J connectivity index is 0.000000366. The maximum absolute atomic E-state index is 13.3. The summed E-state index contributed by atoms with van der Waals surface area (Å²) in [6, 6.07) is 16.1. The minimum absolute atomic E-state index is 0. The molecule has 0 saturated heterocycles. The van der Waals surface area contributed by atoms with Crippen molar-refractivity contribution in [1.29, 1.82) is 0 Å². The van der Waals surface area contributed by atoms with Gasteiger partial charge in [0.2, 0.25) is 0 Å². The first kappa shape index (κ1) is 21.7. The van der Waals surface area contributed by atoms with Gasteiger partial charge < -0.3 is 5.11 Å². The van der Waals surface area contributed by atoms with Crippen molar-refractivity contribution >= 4 is 16.7 Å². The summed E-state index contributed by atoms with van der Waals surface area (Å²) in [7, 11) is 0. The van der Waals surface area contributed by atoms with E-state index in [0.29, 0.717) is 5.56 Å². The zero-order valence-corrected chi connectivity index (χ0v) is 17.0. The third kappa shape index (κ3) is 5.89. The van der Waals surface area contributed by atoms with E-state index in [1.807, 2.05) is 30.3 Å². The zero-order valence-electron chi connectivity index (χ0n) is 14.7. The second-order valence-corrected chi connectivity index (χ2v) is 5.65. The number of hydrogen-bond donors (Lipinski definition) is 1. The zero-order chi connectivity index (χ0) is 18.4. The summed E-state index contributed by atoms with van der Waals surface area (Å²) in [5.41, 5.74) is 3.40. The number of pyridine rings is 1. The van der Waals surface area contributed by atoms with Crippen LogP contribution >= 0.6 is 0 Å². The minimum Gasteiger partial charge on any atom is -0.512 e. The molecule has 0 bridgehead atoms. The van der Waals surface area contributed by atoms with Crippen molar-refractivity contribution < 1.29 is 35.4 Å². The monoisotopic (exact) mass is 531 g/mol. The predicted molar refractivity (Wildman–Crippen MR) is 97.8 cm³/mol. The van der Waals surface area contributed by atoms with Gasteiger partial charge in [0.05, 0.1) is 5.76 Å². The van der Waals surface area contributed by atoms with Gasteiger partial charge in [0.25, 0.3) is 0 Å². The molecule has 0 atom stereocenters. The number of benzene rings is 2. The smallest absolute Gasteiger partial charge is 0.155 e. The van der Waals surface area contributed by atoms with Crippen molar-refractivity contribution in [1.82, 2.24) is 4.98 Å². The molecule has 1 aromatic heterocycles. The maximum Gasteiger partial charge on any atom is 0.155 e. The number of aromatic nitrogens is 1. The van der Waals surface area contributed by atoms with Crippen LogP contribution in [0.1, 0.15) is 19.4 Å². The van der Waals surface area contributed by atoms with E-state index in [4.69, 9.17) is 5.11 Å². The van der Waals surface area contributed by atoms with Crippen LogP contribution in [-0.4, -0.2) is 15.9 Å². The van der Waals surface area contributed by atoms with E-state index in [0.717, 1.165) is 22.0 Å². The second-order valence-electron chi connectivity index (χ2n) is 5.65. The Morgan fingerprint density at radius 2 is 1.92 bits per heavy atom. The molecule has 5 heteroatoms. The molecule has 0 radical (unpaired) electrons. The second kappa shape index (κ2) is 9.98. The van der Waals surface area contributed by atoms with Crippen molar-refractivity contribution in [3.63, 3.8) is 0 Å². The molecule has 0 saturated carbocycles. The van der Waals surface area contributed by atoms with E-state index in [9.17, 15) is 9.18 Å². The third-order valence-corrected chi connectivity index (χ3v) is 3.43. The Morgan fingerprint density at radius 1 is 1.23 bits per heavy atom. The summed E-state index contributed by atoms with van der Waals surface area (Å²) in [5.74, 6) is -0.292. The molecule has 0 aliphatic heterocycles. The number of fused-ring (bicyclic) bond motifs is 1. The molecule has 1 N–H and O–H groups in total. The Hall–Kier alpha value is -2.32. The predicted octanol–water partition coefficient (Wildman–Crippen LogP) is 5.18. The first-order valence-corrected chi connectivity index (χ1v) is 7.78. The van der Waals surface area contributed by atoms with Gasteiger partial charge in [-0.1, -0.05) is 42.3 Å². The molecular weight excluding hydrogens is 512 g/mol. The summed E-state index contributed by atoms with van der Waals surface area (Å²) in [6.45, 7) is 4.60. The number of halogens is 1. The Labute approximate surface area is 166 Å². The van der Waals surface area contributed by atoms with E-state index in [1.165, 1.54) is 26.0 Å². The van der Waals surface area contributed by atoms with Gasteiger partial charge in [0.1, 0.15) is 0 Å². The van der Waals surface area contributed by atoms with Gasteiger partial charge in [-0.25, -0.2) is 0 Å². The molecule has 0 spiro atoms. The fourth-order valence-corrected chi connectivity index (χ4v) is 2.35. The van der Waals surface area contributed by atoms with Crippen LogP contribution in [0.25, 0.3) is 22.0 Å². The first-order valence-electron chi connectivity index (χ1n) is 7.78. The van der Waals surface area contributed by atoms with Crippen LogP contribution < -0.4 is 0 Å². The summed E-state index contributed by atoms with van der Waals surface area (Å²) >= 11 is 0. The van der Waals surface area contributed by atoms with Crippen molar-refractivity contribution in [2.45, 2.75) is 20.8 Å². The summed E-state index contributed by atoms with van der Waals surface area (Å²) in [4.78, 5) is 14.4. The van der Waals surface area contributed by atoms with Crippen molar-refractivity contribution in [3.05, 3.63) is 77.9 Å². The van der Waals surface area contributed by atoms with Crippen LogP contribution in [0, 0.1) is 18.8 Å². The average Bonchev–Trinajstić information content (AvgIpc) is 2.56.